The van der Waals surface area contributed by atoms with Gasteiger partial charge in [-0.2, -0.15) is 0 Å². The van der Waals surface area contributed by atoms with Gasteiger partial charge in [0, 0.05) is 11.6 Å². The predicted molar refractivity (Wildman–Crippen MR) is 59.8 cm³/mol. The molecule has 0 aliphatic carbocycles. The number of para-hydroxylation sites is 1. The Labute approximate surface area is 92.8 Å². The second-order valence-electron chi connectivity index (χ2n) is 3.61. The number of rotatable bonds is 3. The lowest BCUT2D eigenvalue weighted by Gasteiger charge is -2.17. The van der Waals surface area contributed by atoms with E-state index in [9.17, 15) is 10.2 Å². The zero-order valence-electron chi connectivity index (χ0n) is 8.61. The van der Waals surface area contributed by atoms with Gasteiger partial charge < -0.3 is 15.3 Å². The average molecular weight is 219 g/mol. The fourth-order valence-electron chi connectivity index (χ4n) is 1.68. The second kappa shape index (κ2) is 4.57. The van der Waals surface area contributed by atoms with Gasteiger partial charge in [-0.3, -0.25) is 4.98 Å². The molecule has 16 heavy (non-hydrogen) atoms. The van der Waals surface area contributed by atoms with Crippen LogP contribution < -0.4 is 0 Å². The maximum atomic E-state index is 9.85. The summed E-state index contributed by atoms with van der Waals surface area (Å²) in [6.07, 6.45) is -0.700. The molecule has 1 heterocycles. The highest BCUT2D eigenvalue weighted by atomic mass is 16.4. The average Bonchev–Trinajstić information content (AvgIpc) is 2.36. The Morgan fingerprint density at radius 3 is 2.62 bits per heavy atom. The molecular formula is C12H13NO3. The van der Waals surface area contributed by atoms with E-state index in [1.165, 1.54) is 0 Å². The van der Waals surface area contributed by atoms with Crippen molar-refractivity contribution in [3.63, 3.8) is 0 Å². The van der Waals surface area contributed by atoms with Gasteiger partial charge in [-0.1, -0.05) is 18.2 Å². The molecule has 0 fully saturated rings. The normalized spacial score (nSPS) is 14.9. The Balaban J connectivity index is 2.52. The SMILES string of the molecule is OCC(O)C(O)c1ccnc2ccccc12. The number of aliphatic hydroxyl groups excluding tert-OH is 3. The van der Waals surface area contributed by atoms with Gasteiger partial charge in [0.2, 0.25) is 0 Å². The fourth-order valence-corrected chi connectivity index (χ4v) is 1.68. The van der Waals surface area contributed by atoms with Crippen LogP contribution >= 0.6 is 0 Å². The summed E-state index contributed by atoms with van der Waals surface area (Å²) in [7, 11) is 0. The van der Waals surface area contributed by atoms with E-state index in [4.69, 9.17) is 5.11 Å². The van der Waals surface area contributed by atoms with E-state index in [1.54, 1.807) is 12.3 Å². The molecule has 2 unspecified atom stereocenters. The highest BCUT2D eigenvalue weighted by Crippen LogP contribution is 2.24. The zero-order valence-corrected chi connectivity index (χ0v) is 8.61. The molecule has 3 N–H and O–H groups in total. The summed E-state index contributed by atoms with van der Waals surface area (Å²) in [5.74, 6) is 0. The maximum absolute atomic E-state index is 9.85. The minimum Gasteiger partial charge on any atom is -0.394 e. The van der Waals surface area contributed by atoms with Crippen LogP contribution in [0.2, 0.25) is 0 Å². The number of aliphatic hydroxyl groups is 3. The summed E-state index contributed by atoms with van der Waals surface area (Å²) in [5, 5.41) is 28.9. The van der Waals surface area contributed by atoms with Crippen LogP contribution in [-0.4, -0.2) is 33.0 Å². The molecule has 2 atom stereocenters. The molecule has 0 spiro atoms. The molecule has 84 valence electrons. The summed E-state index contributed by atoms with van der Waals surface area (Å²) >= 11 is 0. The highest BCUT2D eigenvalue weighted by molar-refractivity contribution is 5.82. The molecule has 0 radical (unpaired) electrons. The van der Waals surface area contributed by atoms with Crippen LogP contribution in [0, 0.1) is 0 Å². The predicted octanol–water partition coefficient (Wildman–Crippen LogP) is 0.621. The van der Waals surface area contributed by atoms with E-state index >= 15 is 0 Å². The topological polar surface area (TPSA) is 73.6 Å². The van der Waals surface area contributed by atoms with Crippen LogP contribution in [0.5, 0.6) is 0 Å². The minimum atomic E-state index is -1.18. The first kappa shape index (κ1) is 11.0. The molecule has 2 aromatic rings. The molecule has 4 nitrogen and oxygen atoms in total. The van der Waals surface area contributed by atoms with Crippen molar-refractivity contribution in [2.75, 3.05) is 6.61 Å². The molecule has 4 heteroatoms. The first-order valence-electron chi connectivity index (χ1n) is 5.04. The van der Waals surface area contributed by atoms with Crippen molar-refractivity contribution in [3.05, 3.63) is 42.1 Å². The van der Waals surface area contributed by atoms with E-state index in [-0.39, 0.29) is 0 Å². The number of pyridine rings is 1. The Morgan fingerprint density at radius 1 is 1.12 bits per heavy atom. The lowest BCUT2D eigenvalue weighted by atomic mass is 10.0. The van der Waals surface area contributed by atoms with E-state index in [2.05, 4.69) is 4.98 Å². The van der Waals surface area contributed by atoms with Gasteiger partial charge in [0.15, 0.2) is 0 Å². The van der Waals surface area contributed by atoms with E-state index in [1.807, 2.05) is 24.3 Å². The zero-order chi connectivity index (χ0) is 11.5. The van der Waals surface area contributed by atoms with Crippen molar-refractivity contribution >= 4 is 10.9 Å². The third-order valence-electron chi connectivity index (χ3n) is 2.55. The summed E-state index contributed by atoms with van der Waals surface area (Å²) in [6, 6.07) is 8.99. The largest absolute Gasteiger partial charge is 0.394 e. The van der Waals surface area contributed by atoms with E-state index < -0.39 is 18.8 Å². The fraction of sp³-hybridized carbons (Fsp3) is 0.250. The standard InChI is InChI=1S/C12H13NO3/c14-7-11(15)12(16)9-5-6-13-10-4-2-1-3-8(9)10/h1-6,11-12,14-16H,7H2. The summed E-state index contributed by atoms with van der Waals surface area (Å²) in [6.45, 7) is -0.474. The lowest BCUT2D eigenvalue weighted by Crippen LogP contribution is -2.22. The lowest BCUT2D eigenvalue weighted by molar-refractivity contribution is -0.0145. The number of nitrogens with zero attached hydrogens (tertiary/aromatic N) is 1. The Bertz CT molecular complexity index is 481. The monoisotopic (exact) mass is 219 g/mol. The molecule has 1 aromatic heterocycles. The third kappa shape index (κ3) is 1.90. The van der Waals surface area contributed by atoms with Gasteiger partial charge in [-0.25, -0.2) is 0 Å². The number of hydrogen-bond acceptors (Lipinski definition) is 4. The van der Waals surface area contributed by atoms with Crippen molar-refractivity contribution in [2.45, 2.75) is 12.2 Å². The third-order valence-corrected chi connectivity index (χ3v) is 2.55. The molecule has 0 saturated heterocycles. The number of aromatic nitrogens is 1. The summed E-state index contributed by atoms with van der Waals surface area (Å²) in [5.41, 5.74) is 1.33. The van der Waals surface area contributed by atoms with Crippen molar-refractivity contribution in [3.8, 4) is 0 Å². The van der Waals surface area contributed by atoms with Crippen molar-refractivity contribution < 1.29 is 15.3 Å². The van der Waals surface area contributed by atoms with E-state index in [0.29, 0.717) is 5.56 Å². The van der Waals surface area contributed by atoms with E-state index in [0.717, 1.165) is 10.9 Å². The van der Waals surface area contributed by atoms with Gasteiger partial charge in [0.25, 0.3) is 0 Å². The molecule has 0 saturated carbocycles. The second-order valence-corrected chi connectivity index (χ2v) is 3.61. The first-order valence-corrected chi connectivity index (χ1v) is 5.04. The van der Waals surface area contributed by atoms with Crippen LogP contribution in [0.4, 0.5) is 0 Å². The number of hydrogen-bond donors (Lipinski definition) is 3. The Kier molecular flexibility index (Phi) is 3.14. The molecule has 2 rings (SSSR count). The molecule has 0 aliphatic heterocycles. The molecule has 1 aromatic carbocycles. The van der Waals surface area contributed by atoms with Crippen LogP contribution in [0.3, 0.4) is 0 Å². The maximum Gasteiger partial charge on any atom is 0.108 e. The van der Waals surface area contributed by atoms with Crippen molar-refractivity contribution in [2.24, 2.45) is 0 Å². The van der Waals surface area contributed by atoms with Crippen molar-refractivity contribution in [1.29, 1.82) is 0 Å². The van der Waals surface area contributed by atoms with Crippen LogP contribution in [0.1, 0.15) is 11.7 Å². The number of fused-ring (bicyclic) bond motifs is 1. The molecular weight excluding hydrogens is 206 g/mol. The van der Waals surface area contributed by atoms with Gasteiger partial charge >= 0.3 is 0 Å². The van der Waals surface area contributed by atoms with Gasteiger partial charge in [0.1, 0.15) is 12.2 Å². The molecule has 0 amide bonds. The van der Waals surface area contributed by atoms with Crippen LogP contribution in [-0.2, 0) is 0 Å². The van der Waals surface area contributed by atoms with Gasteiger partial charge in [0.05, 0.1) is 12.1 Å². The van der Waals surface area contributed by atoms with Crippen LogP contribution in [0.25, 0.3) is 10.9 Å². The summed E-state index contributed by atoms with van der Waals surface area (Å²) in [4.78, 5) is 4.15. The Hall–Kier alpha value is -1.49. The molecule has 0 aliphatic rings. The Morgan fingerprint density at radius 2 is 1.88 bits per heavy atom. The van der Waals surface area contributed by atoms with Gasteiger partial charge in [-0.15, -0.1) is 0 Å². The molecule has 0 bridgehead atoms. The summed E-state index contributed by atoms with van der Waals surface area (Å²) < 4.78 is 0. The first-order chi connectivity index (χ1) is 7.74. The quantitative estimate of drug-likeness (QED) is 0.707. The number of benzene rings is 1. The van der Waals surface area contributed by atoms with Crippen LogP contribution in [0.15, 0.2) is 36.5 Å². The van der Waals surface area contributed by atoms with Gasteiger partial charge in [-0.05, 0) is 17.7 Å². The highest BCUT2D eigenvalue weighted by Gasteiger charge is 2.19. The minimum absolute atomic E-state index is 0.474. The smallest absolute Gasteiger partial charge is 0.108 e. The van der Waals surface area contributed by atoms with Crippen molar-refractivity contribution in [1.82, 2.24) is 4.98 Å².